The minimum atomic E-state index is 0.758. The highest BCUT2D eigenvalue weighted by atomic mass is 14.9. The van der Waals surface area contributed by atoms with E-state index in [1.54, 1.807) is 0 Å². The molecular formula is C11H18N2. The molecule has 2 rings (SSSR count). The van der Waals surface area contributed by atoms with Gasteiger partial charge in [0.15, 0.2) is 0 Å². The van der Waals surface area contributed by atoms with E-state index >= 15 is 0 Å². The summed E-state index contributed by atoms with van der Waals surface area (Å²) in [6, 6.07) is 0. The number of hydrogen-bond acceptors (Lipinski definition) is 2. The first-order chi connectivity index (χ1) is 6.27. The van der Waals surface area contributed by atoms with Gasteiger partial charge in [0, 0.05) is 23.7 Å². The summed E-state index contributed by atoms with van der Waals surface area (Å²) in [7, 11) is 0. The summed E-state index contributed by atoms with van der Waals surface area (Å²) in [4.78, 5) is 4.66. The molecule has 2 heteroatoms. The van der Waals surface area contributed by atoms with Crippen LogP contribution in [0.2, 0.25) is 0 Å². The highest BCUT2D eigenvalue weighted by Crippen LogP contribution is 2.26. The van der Waals surface area contributed by atoms with Crippen LogP contribution in [0.5, 0.6) is 0 Å². The van der Waals surface area contributed by atoms with Crippen LogP contribution in [0, 0.1) is 5.92 Å². The summed E-state index contributed by atoms with van der Waals surface area (Å²) < 4.78 is 0. The van der Waals surface area contributed by atoms with E-state index in [1.807, 2.05) is 0 Å². The van der Waals surface area contributed by atoms with Crippen molar-refractivity contribution in [3.8, 4) is 0 Å². The fourth-order valence-electron chi connectivity index (χ4n) is 2.14. The van der Waals surface area contributed by atoms with Gasteiger partial charge >= 0.3 is 0 Å². The van der Waals surface area contributed by atoms with E-state index in [0.29, 0.717) is 0 Å². The third-order valence-electron chi connectivity index (χ3n) is 3.19. The van der Waals surface area contributed by atoms with Gasteiger partial charge in [-0.25, -0.2) is 0 Å². The molecule has 0 amide bonds. The van der Waals surface area contributed by atoms with Crippen LogP contribution in [0.3, 0.4) is 0 Å². The number of nitrogens with zero attached hydrogens (tertiary/aromatic N) is 1. The summed E-state index contributed by atoms with van der Waals surface area (Å²) >= 11 is 0. The summed E-state index contributed by atoms with van der Waals surface area (Å²) in [5.74, 6) is 0.758. The molecule has 1 N–H and O–H groups in total. The molecule has 2 heterocycles. The highest BCUT2D eigenvalue weighted by Gasteiger charge is 2.22. The van der Waals surface area contributed by atoms with Gasteiger partial charge in [0.05, 0.1) is 0 Å². The maximum Gasteiger partial charge on any atom is 0.0365 e. The highest BCUT2D eigenvalue weighted by molar-refractivity contribution is 5.91. The SMILES string of the molecule is CC1=C(C)N=C(C2CCNCC2)C1. The van der Waals surface area contributed by atoms with Crippen LogP contribution < -0.4 is 5.32 Å². The van der Waals surface area contributed by atoms with E-state index in [2.05, 4.69) is 24.2 Å². The lowest BCUT2D eigenvalue weighted by Gasteiger charge is -2.22. The maximum absolute atomic E-state index is 4.66. The minimum Gasteiger partial charge on any atom is -0.317 e. The zero-order valence-corrected chi connectivity index (χ0v) is 8.56. The summed E-state index contributed by atoms with van der Waals surface area (Å²) in [5, 5.41) is 3.39. The van der Waals surface area contributed by atoms with Crippen LogP contribution in [0.4, 0.5) is 0 Å². The Hall–Kier alpha value is -0.630. The third-order valence-corrected chi connectivity index (χ3v) is 3.19. The monoisotopic (exact) mass is 178 g/mol. The topological polar surface area (TPSA) is 24.4 Å². The van der Waals surface area contributed by atoms with E-state index in [4.69, 9.17) is 0 Å². The Labute approximate surface area is 80.1 Å². The Balaban J connectivity index is 2.00. The molecule has 0 spiro atoms. The minimum absolute atomic E-state index is 0.758. The fraction of sp³-hybridized carbons (Fsp3) is 0.727. The predicted octanol–water partition coefficient (Wildman–Crippen LogP) is 2.12. The number of hydrogen-bond donors (Lipinski definition) is 1. The summed E-state index contributed by atoms with van der Waals surface area (Å²) in [5.41, 5.74) is 4.17. The van der Waals surface area contributed by atoms with Crippen molar-refractivity contribution in [1.29, 1.82) is 0 Å². The van der Waals surface area contributed by atoms with Crippen molar-refractivity contribution in [3.05, 3.63) is 11.3 Å². The standard InChI is InChI=1S/C11H18N2/c1-8-7-11(13-9(8)2)10-3-5-12-6-4-10/h10,12H,3-7H2,1-2H3. The number of rotatable bonds is 1. The first-order valence-corrected chi connectivity index (χ1v) is 5.22. The second kappa shape index (κ2) is 3.62. The van der Waals surface area contributed by atoms with Crippen LogP contribution in [-0.2, 0) is 0 Å². The maximum atomic E-state index is 4.66. The Morgan fingerprint density at radius 2 is 1.92 bits per heavy atom. The lowest BCUT2D eigenvalue weighted by molar-refractivity contribution is 0.454. The quantitative estimate of drug-likeness (QED) is 0.653. The van der Waals surface area contributed by atoms with Gasteiger partial charge in [0.2, 0.25) is 0 Å². The van der Waals surface area contributed by atoms with Crippen molar-refractivity contribution in [3.63, 3.8) is 0 Å². The average Bonchev–Trinajstić information content (AvgIpc) is 2.49. The molecule has 13 heavy (non-hydrogen) atoms. The third kappa shape index (κ3) is 1.83. The van der Waals surface area contributed by atoms with Crippen LogP contribution in [0.15, 0.2) is 16.3 Å². The molecule has 1 saturated heterocycles. The Morgan fingerprint density at radius 3 is 2.46 bits per heavy atom. The van der Waals surface area contributed by atoms with Gasteiger partial charge in [-0.2, -0.15) is 0 Å². The number of nitrogens with one attached hydrogen (secondary N) is 1. The Bertz CT molecular complexity index is 257. The number of allylic oxidation sites excluding steroid dienone is 2. The van der Waals surface area contributed by atoms with Crippen molar-refractivity contribution >= 4 is 5.71 Å². The number of aliphatic imine (C=N–C) groups is 1. The van der Waals surface area contributed by atoms with E-state index in [9.17, 15) is 0 Å². The van der Waals surface area contributed by atoms with Crippen molar-refractivity contribution in [1.82, 2.24) is 5.32 Å². The second-order valence-corrected chi connectivity index (χ2v) is 4.17. The van der Waals surface area contributed by atoms with Crippen LogP contribution in [0.25, 0.3) is 0 Å². The lowest BCUT2D eigenvalue weighted by Crippen LogP contribution is -2.31. The normalized spacial score (nSPS) is 25.2. The van der Waals surface area contributed by atoms with Gasteiger partial charge in [0.25, 0.3) is 0 Å². The fourth-order valence-corrected chi connectivity index (χ4v) is 2.14. The molecule has 0 unspecified atom stereocenters. The molecule has 0 aromatic rings. The molecule has 2 nitrogen and oxygen atoms in total. The molecule has 2 aliphatic heterocycles. The van der Waals surface area contributed by atoms with Crippen LogP contribution in [0.1, 0.15) is 33.1 Å². The van der Waals surface area contributed by atoms with Crippen LogP contribution in [-0.4, -0.2) is 18.8 Å². The molecule has 2 aliphatic rings. The van der Waals surface area contributed by atoms with Crippen LogP contribution >= 0.6 is 0 Å². The molecule has 0 saturated carbocycles. The molecule has 1 fully saturated rings. The molecule has 0 aromatic heterocycles. The van der Waals surface area contributed by atoms with Crippen molar-refractivity contribution < 1.29 is 0 Å². The van der Waals surface area contributed by atoms with Crippen molar-refractivity contribution in [2.45, 2.75) is 33.1 Å². The van der Waals surface area contributed by atoms with Gasteiger partial charge in [-0.3, -0.25) is 4.99 Å². The Morgan fingerprint density at radius 1 is 1.23 bits per heavy atom. The molecule has 0 atom stereocenters. The van der Waals surface area contributed by atoms with Gasteiger partial charge < -0.3 is 5.32 Å². The van der Waals surface area contributed by atoms with Gasteiger partial charge in [-0.1, -0.05) is 0 Å². The second-order valence-electron chi connectivity index (χ2n) is 4.17. The van der Waals surface area contributed by atoms with Gasteiger partial charge in [-0.15, -0.1) is 0 Å². The van der Waals surface area contributed by atoms with Crippen molar-refractivity contribution in [2.24, 2.45) is 10.9 Å². The molecule has 0 bridgehead atoms. The number of piperidine rings is 1. The molecule has 0 aliphatic carbocycles. The molecule has 72 valence electrons. The zero-order chi connectivity index (χ0) is 9.26. The summed E-state index contributed by atoms with van der Waals surface area (Å²) in [6.45, 7) is 6.67. The summed E-state index contributed by atoms with van der Waals surface area (Å²) in [6.07, 6.45) is 3.69. The average molecular weight is 178 g/mol. The first kappa shape index (κ1) is 8.95. The molecule has 0 aromatic carbocycles. The van der Waals surface area contributed by atoms with Gasteiger partial charge in [-0.05, 0) is 45.4 Å². The van der Waals surface area contributed by atoms with E-state index in [1.165, 1.54) is 42.9 Å². The smallest absolute Gasteiger partial charge is 0.0365 e. The first-order valence-electron chi connectivity index (χ1n) is 5.22. The van der Waals surface area contributed by atoms with Crippen molar-refractivity contribution in [2.75, 3.05) is 13.1 Å². The zero-order valence-electron chi connectivity index (χ0n) is 8.56. The Kier molecular flexibility index (Phi) is 2.49. The van der Waals surface area contributed by atoms with E-state index in [0.717, 1.165) is 12.3 Å². The predicted molar refractivity (Wildman–Crippen MR) is 56.0 cm³/mol. The lowest BCUT2D eigenvalue weighted by atomic mass is 9.90. The van der Waals surface area contributed by atoms with E-state index in [-0.39, 0.29) is 0 Å². The van der Waals surface area contributed by atoms with E-state index < -0.39 is 0 Å². The van der Waals surface area contributed by atoms with Gasteiger partial charge in [0.1, 0.15) is 0 Å². The largest absolute Gasteiger partial charge is 0.317 e. The molecular weight excluding hydrogens is 160 g/mol. The molecule has 0 radical (unpaired) electrons.